The third-order valence-electron chi connectivity index (χ3n) is 3.04. The molecule has 4 heteroatoms. The van der Waals surface area contributed by atoms with Gasteiger partial charge in [-0.25, -0.2) is 0 Å². The maximum atomic E-state index is 10.2. The Labute approximate surface area is 120 Å². The average Bonchev–Trinajstić information content (AvgIpc) is 2.42. The van der Waals surface area contributed by atoms with E-state index in [1.54, 1.807) is 18.2 Å². The van der Waals surface area contributed by atoms with E-state index in [9.17, 15) is 10.2 Å². The van der Waals surface area contributed by atoms with Crippen molar-refractivity contribution in [3.8, 4) is 5.75 Å². The Hall–Kier alpha value is -1.36. The summed E-state index contributed by atoms with van der Waals surface area (Å²) in [5, 5.41) is 19.7. The van der Waals surface area contributed by atoms with Crippen LogP contribution in [0.1, 0.15) is 17.2 Å². The number of phenols is 1. The zero-order valence-corrected chi connectivity index (χ0v) is 11.9. The number of aliphatic hydroxyl groups excluding tert-OH is 1. The Morgan fingerprint density at radius 1 is 1.11 bits per heavy atom. The average molecular weight is 322 g/mol. The minimum absolute atomic E-state index is 0.139. The van der Waals surface area contributed by atoms with Crippen LogP contribution in [0.2, 0.25) is 0 Å². The van der Waals surface area contributed by atoms with Crippen molar-refractivity contribution in [2.75, 3.05) is 0 Å². The maximum Gasteiger partial charge on any atom is 0.115 e. The van der Waals surface area contributed by atoms with Crippen LogP contribution in [-0.4, -0.2) is 16.3 Å². The highest BCUT2D eigenvalue weighted by Gasteiger charge is 2.19. The molecule has 0 aliphatic rings. The lowest BCUT2D eigenvalue weighted by molar-refractivity contribution is 0.144. The van der Waals surface area contributed by atoms with Crippen molar-refractivity contribution in [1.82, 2.24) is 0 Å². The van der Waals surface area contributed by atoms with Crippen molar-refractivity contribution >= 4 is 15.9 Å². The van der Waals surface area contributed by atoms with Crippen LogP contribution >= 0.6 is 15.9 Å². The Kier molecular flexibility index (Phi) is 4.58. The van der Waals surface area contributed by atoms with Gasteiger partial charge >= 0.3 is 0 Å². The number of rotatable bonds is 4. The predicted octanol–water partition coefficient (Wildman–Crippen LogP) is 2.76. The summed E-state index contributed by atoms with van der Waals surface area (Å²) < 4.78 is 0.782. The number of aliphatic hydroxyl groups is 1. The van der Waals surface area contributed by atoms with Gasteiger partial charge in [0.2, 0.25) is 0 Å². The first-order valence-electron chi connectivity index (χ1n) is 6.04. The van der Waals surface area contributed by atoms with E-state index in [2.05, 4.69) is 15.9 Å². The third-order valence-corrected chi connectivity index (χ3v) is 3.76. The minimum atomic E-state index is -0.708. The second-order valence-electron chi connectivity index (χ2n) is 4.49. The van der Waals surface area contributed by atoms with E-state index in [-0.39, 0.29) is 5.75 Å². The highest BCUT2D eigenvalue weighted by atomic mass is 79.9. The van der Waals surface area contributed by atoms with E-state index >= 15 is 0 Å². The van der Waals surface area contributed by atoms with E-state index < -0.39 is 12.1 Å². The van der Waals surface area contributed by atoms with E-state index in [1.807, 2.05) is 30.3 Å². The Morgan fingerprint density at radius 2 is 1.79 bits per heavy atom. The van der Waals surface area contributed by atoms with Crippen molar-refractivity contribution in [3.05, 3.63) is 64.1 Å². The lowest BCUT2D eigenvalue weighted by Gasteiger charge is -2.20. The zero-order valence-electron chi connectivity index (χ0n) is 10.3. The molecule has 19 heavy (non-hydrogen) atoms. The van der Waals surface area contributed by atoms with Gasteiger partial charge in [-0.05, 0) is 29.3 Å². The van der Waals surface area contributed by atoms with Crippen molar-refractivity contribution in [2.24, 2.45) is 5.73 Å². The standard InChI is InChI=1S/C15H16BrNO2/c16-13-7-6-11(18)9-12(13)15(17)14(19)8-10-4-2-1-3-5-10/h1-7,9,14-15,18-19H,8,17H2/t14-,15+/m0/s1. The summed E-state index contributed by atoms with van der Waals surface area (Å²) in [4.78, 5) is 0. The largest absolute Gasteiger partial charge is 0.508 e. The number of aromatic hydroxyl groups is 1. The van der Waals surface area contributed by atoms with Crippen LogP contribution < -0.4 is 5.73 Å². The van der Waals surface area contributed by atoms with Crippen LogP contribution in [0.5, 0.6) is 5.75 Å². The molecule has 3 nitrogen and oxygen atoms in total. The summed E-state index contributed by atoms with van der Waals surface area (Å²) in [7, 11) is 0. The van der Waals surface area contributed by atoms with Crippen molar-refractivity contribution in [2.45, 2.75) is 18.6 Å². The van der Waals surface area contributed by atoms with E-state index in [1.165, 1.54) is 0 Å². The van der Waals surface area contributed by atoms with Gasteiger partial charge in [0, 0.05) is 10.9 Å². The molecule has 0 unspecified atom stereocenters. The number of benzene rings is 2. The molecular weight excluding hydrogens is 306 g/mol. The zero-order chi connectivity index (χ0) is 13.8. The molecule has 0 aliphatic heterocycles. The topological polar surface area (TPSA) is 66.5 Å². The molecule has 0 fully saturated rings. The molecule has 2 aromatic carbocycles. The van der Waals surface area contributed by atoms with Gasteiger partial charge in [-0.3, -0.25) is 0 Å². The first-order valence-corrected chi connectivity index (χ1v) is 6.83. The minimum Gasteiger partial charge on any atom is -0.508 e. The molecule has 0 amide bonds. The lowest BCUT2D eigenvalue weighted by atomic mass is 9.97. The number of phenolic OH excluding ortho intramolecular Hbond substituents is 1. The van der Waals surface area contributed by atoms with Crippen LogP contribution in [0.3, 0.4) is 0 Å². The second kappa shape index (κ2) is 6.19. The fourth-order valence-electron chi connectivity index (χ4n) is 1.98. The summed E-state index contributed by atoms with van der Waals surface area (Å²) >= 11 is 3.38. The van der Waals surface area contributed by atoms with Gasteiger partial charge in [0.25, 0.3) is 0 Å². The Morgan fingerprint density at radius 3 is 2.47 bits per heavy atom. The van der Waals surface area contributed by atoms with E-state index in [0.29, 0.717) is 12.0 Å². The molecule has 2 atom stereocenters. The first-order chi connectivity index (χ1) is 9.08. The van der Waals surface area contributed by atoms with Gasteiger partial charge in [0.1, 0.15) is 5.75 Å². The molecule has 0 radical (unpaired) electrons. The molecule has 0 aliphatic carbocycles. The second-order valence-corrected chi connectivity index (χ2v) is 5.34. The summed E-state index contributed by atoms with van der Waals surface area (Å²) in [6.07, 6.45) is -0.232. The van der Waals surface area contributed by atoms with E-state index in [4.69, 9.17) is 5.73 Å². The number of hydrogen-bond donors (Lipinski definition) is 3. The molecule has 2 rings (SSSR count). The smallest absolute Gasteiger partial charge is 0.115 e. The van der Waals surface area contributed by atoms with Crippen LogP contribution in [0.25, 0.3) is 0 Å². The van der Waals surface area contributed by atoms with Gasteiger partial charge in [0.05, 0.1) is 12.1 Å². The Bertz CT molecular complexity index is 545. The molecule has 0 aromatic heterocycles. The highest BCUT2D eigenvalue weighted by Crippen LogP contribution is 2.28. The fourth-order valence-corrected chi connectivity index (χ4v) is 2.49. The number of halogens is 1. The fraction of sp³-hybridized carbons (Fsp3) is 0.200. The predicted molar refractivity (Wildman–Crippen MR) is 78.9 cm³/mol. The van der Waals surface area contributed by atoms with Gasteiger partial charge < -0.3 is 15.9 Å². The van der Waals surface area contributed by atoms with Gasteiger partial charge in [0.15, 0.2) is 0 Å². The van der Waals surface area contributed by atoms with Crippen LogP contribution in [-0.2, 0) is 6.42 Å². The monoisotopic (exact) mass is 321 g/mol. The molecule has 0 saturated heterocycles. The molecular formula is C15H16BrNO2. The third kappa shape index (κ3) is 3.56. The maximum absolute atomic E-state index is 10.2. The lowest BCUT2D eigenvalue weighted by Crippen LogP contribution is -2.28. The van der Waals surface area contributed by atoms with Gasteiger partial charge in [-0.15, -0.1) is 0 Å². The summed E-state index contributed by atoms with van der Waals surface area (Å²) in [5.74, 6) is 0.139. The van der Waals surface area contributed by atoms with Crippen molar-refractivity contribution in [3.63, 3.8) is 0 Å². The van der Waals surface area contributed by atoms with E-state index in [0.717, 1.165) is 10.0 Å². The van der Waals surface area contributed by atoms with Crippen molar-refractivity contribution < 1.29 is 10.2 Å². The summed E-state index contributed by atoms with van der Waals surface area (Å²) in [5.41, 5.74) is 7.79. The van der Waals surface area contributed by atoms with Crippen LogP contribution in [0.15, 0.2) is 53.0 Å². The SMILES string of the molecule is N[C@H](c1cc(O)ccc1Br)[C@@H](O)Cc1ccccc1. The van der Waals surface area contributed by atoms with Gasteiger partial charge in [-0.2, -0.15) is 0 Å². The highest BCUT2D eigenvalue weighted by molar-refractivity contribution is 9.10. The Balaban J connectivity index is 2.14. The number of hydrogen-bond acceptors (Lipinski definition) is 3. The van der Waals surface area contributed by atoms with Crippen LogP contribution in [0.4, 0.5) is 0 Å². The van der Waals surface area contributed by atoms with Crippen molar-refractivity contribution in [1.29, 1.82) is 0 Å². The molecule has 2 aromatic rings. The molecule has 4 N–H and O–H groups in total. The quantitative estimate of drug-likeness (QED) is 0.811. The summed E-state index contributed by atoms with van der Waals surface area (Å²) in [6, 6.07) is 14.0. The molecule has 0 saturated carbocycles. The normalized spacial score (nSPS) is 14.1. The molecule has 0 spiro atoms. The molecule has 100 valence electrons. The van der Waals surface area contributed by atoms with Crippen LogP contribution in [0, 0.1) is 0 Å². The summed E-state index contributed by atoms with van der Waals surface area (Å²) in [6.45, 7) is 0. The molecule has 0 bridgehead atoms. The van der Waals surface area contributed by atoms with Gasteiger partial charge in [-0.1, -0.05) is 46.3 Å². The number of nitrogens with two attached hydrogens (primary N) is 1. The first kappa shape index (κ1) is 14.1. The molecule has 0 heterocycles.